The van der Waals surface area contributed by atoms with E-state index in [0.717, 1.165) is 0 Å². The van der Waals surface area contributed by atoms with Crippen LogP contribution in [-0.4, -0.2) is 29.9 Å². The molecule has 2 fully saturated rings. The Morgan fingerprint density at radius 2 is 2.08 bits per heavy atom. The molecular formula is C10H19NOS. The number of ether oxygens (including phenoxy) is 1. The third-order valence-electron chi connectivity index (χ3n) is 3.19. The van der Waals surface area contributed by atoms with Crippen molar-refractivity contribution in [1.82, 2.24) is 5.32 Å². The maximum absolute atomic E-state index is 5.38. The standard InChI is InChI=1S/C10H19NOS/c1-8-7-13-10(11-8)5-3-9(12-2)4-6-10/h8-9,11H,3-7H2,1-2H3. The molecule has 0 aromatic carbocycles. The molecule has 76 valence electrons. The van der Waals surface area contributed by atoms with Crippen molar-refractivity contribution in [2.75, 3.05) is 12.9 Å². The van der Waals surface area contributed by atoms with Gasteiger partial charge in [0.05, 0.1) is 11.0 Å². The number of hydrogen-bond donors (Lipinski definition) is 1. The zero-order chi connectivity index (χ0) is 9.31. The van der Waals surface area contributed by atoms with Crippen LogP contribution in [0, 0.1) is 0 Å². The average molecular weight is 201 g/mol. The highest BCUT2D eigenvalue weighted by molar-refractivity contribution is 8.00. The van der Waals surface area contributed by atoms with Gasteiger partial charge in [0.15, 0.2) is 0 Å². The summed E-state index contributed by atoms with van der Waals surface area (Å²) in [6, 6.07) is 0.698. The molecule has 1 aliphatic heterocycles. The maximum Gasteiger partial charge on any atom is 0.0650 e. The molecule has 2 aliphatic rings. The molecule has 3 heteroatoms. The molecule has 1 N–H and O–H groups in total. The predicted octanol–water partition coefficient (Wildman–Crippen LogP) is 2.00. The Bertz CT molecular complexity index is 178. The van der Waals surface area contributed by atoms with E-state index >= 15 is 0 Å². The highest BCUT2D eigenvalue weighted by Crippen LogP contribution is 2.42. The summed E-state index contributed by atoms with van der Waals surface area (Å²) in [6.07, 6.45) is 5.52. The molecule has 0 aromatic heterocycles. The van der Waals surface area contributed by atoms with Crippen LogP contribution in [0.1, 0.15) is 32.6 Å². The Morgan fingerprint density at radius 3 is 2.54 bits per heavy atom. The predicted molar refractivity (Wildman–Crippen MR) is 57.1 cm³/mol. The lowest BCUT2D eigenvalue weighted by Gasteiger charge is -2.36. The summed E-state index contributed by atoms with van der Waals surface area (Å²) in [5.41, 5.74) is 0. The van der Waals surface area contributed by atoms with Crippen molar-refractivity contribution in [2.24, 2.45) is 0 Å². The molecule has 0 bridgehead atoms. The second-order valence-electron chi connectivity index (χ2n) is 4.29. The first-order valence-corrected chi connectivity index (χ1v) is 6.17. The van der Waals surface area contributed by atoms with Crippen LogP contribution in [0.15, 0.2) is 0 Å². The van der Waals surface area contributed by atoms with Gasteiger partial charge >= 0.3 is 0 Å². The van der Waals surface area contributed by atoms with Crippen LogP contribution in [-0.2, 0) is 4.74 Å². The lowest BCUT2D eigenvalue weighted by molar-refractivity contribution is 0.0582. The highest BCUT2D eigenvalue weighted by Gasteiger charge is 2.40. The Labute approximate surface area is 84.8 Å². The summed E-state index contributed by atoms with van der Waals surface area (Å²) in [5, 5.41) is 3.72. The van der Waals surface area contributed by atoms with Crippen LogP contribution < -0.4 is 5.32 Å². The maximum atomic E-state index is 5.38. The SMILES string of the molecule is COC1CCC2(CC1)NC(C)CS2. The van der Waals surface area contributed by atoms with Gasteiger partial charge in [0.2, 0.25) is 0 Å². The summed E-state index contributed by atoms with van der Waals surface area (Å²) < 4.78 is 5.38. The van der Waals surface area contributed by atoms with E-state index < -0.39 is 0 Å². The van der Waals surface area contributed by atoms with Crippen LogP contribution >= 0.6 is 11.8 Å². The number of thioether (sulfide) groups is 1. The van der Waals surface area contributed by atoms with Gasteiger partial charge in [0.1, 0.15) is 0 Å². The van der Waals surface area contributed by atoms with E-state index in [4.69, 9.17) is 4.74 Å². The Morgan fingerprint density at radius 1 is 1.38 bits per heavy atom. The summed E-state index contributed by atoms with van der Waals surface area (Å²) in [5.74, 6) is 1.28. The van der Waals surface area contributed by atoms with Crippen LogP contribution in [0.3, 0.4) is 0 Å². The summed E-state index contributed by atoms with van der Waals surface area (Å²) in [4.78, 5) is 0.411. The molecule has 1 heterocycles. The van der Waals surface area contributed by atoms with Gasteiger partial charge < -0.3 is 4.74 Å². The van der Waals surface area contributed by atoms with Gasteiger partial charge in [-0.25, -0.2) is 0 Å². The molecule has 1 unspecified atom stereocenters. The van der Waals surface area contributed by atoms with Crippen molar-refractivity contribution in [2.45, 2.75) is 49.6 Å². The monoisotopic (exact) mass is 201 g/mol. The van der Waals surface area contributed by atoms with Gasteiger partial charge in [-0.1, -0.05) is 0 Å². The normalized spacial score (nSPS) is 45.7. The van der Waals surface area contributed by atoms with Crippen molar-refractivity contribution in [3.8, 4) is 0 Å². The van der Waals surface area contributed by atoms with Gasteiger partial charge in [0, 0.05) is 18.9 Å². The molecule has 2 rings (SSSR count). The quantitative estimate of drug-likeness (QED) is 0.701. The minimum Gasteiger partial charge on any atom is -0.381 e. The molecule has 1 saturated carbocycles. The minimum absolute atomic E-state index is 0.411. The summed E-state index contributed by atoms with van der Waals surface area (Å²) in [7, 11) is 1.83. The molecule has 0 aromatic rings. The molecular weight excluding hydrogens is 182 g/mol. The van der Waals surface area contributed by atoms with Gasteiger partial charge in [-0.3, -0.25) is 5.32 Å². The molecule has 0 radical (unpaired) electrons. The van der Waals surface area contributed by atoms with E-state index in [1.807, 2.05) is 7.11 Å². The largest absolute Gasteiger partial charge is 0.381 e. The van der Waals surface area contributed by atoms with Gasteiger partial charge in [-0.15, -0.1) is 11.8 Å². The molecule has 1 aliphatic carbocycles. The fourth-order valence-corrected chi connectivity index (χ4v) is 3.86. The van der Waals surface area contributed by atoms with Crippen LogP contribution in [0.25, 0.3) is 0 Å². The van der Waals surface area contributed by atoms with Crippen LogP contribution in [0.4, 0.5) is 0 Å². The van der Waals surface area contributed by atoms with Gasteiger partial charge in [-0.2, -0.15) is 0 Å². The summed E-state index contributed by atoms with van der Waals surface area (Å²) in [6.45, 7) is 2.28. The average Bonchev–Trinajstić information content (AvgIpc) is 2.49. The van der Waals surface area contributed by atoms with E-state index in [9.17, 15) is 0 Å². The Balaban J connectivity index is 1.90. The third kappa shape index (κ3) is 2.03. The van der Waals surface area contributed by atoms with Crippen LogP contribution in [0.2, 0.25) is 0 Å². The number of nitrogens with one attached hydrogen (secondary N) is 1. The molecule has 1 saturated heterocycles. The van der Waals surface area contributed by atoms with Crippen molar-refractivity contribution >= 4 is 11.8 Å². The third-order valence-corrected chi connectivity index (χ3v) is 4.94. The van der Waals surface area contributed by atoms with E-state index in [-0.39, 0.29) is 0 Å². The minimum atomic E-state index is 0.411. The van der Waals surface area contributed by atoms with Crippen molar-refractivity contribution in [1.29, 1.82) is 0 Å². The first-order valence-electron chi connectivity index (χ1n) is 5.18. The molecule has 13 heavy (non-hydrogen) atoms. The molecule has 1 atom stereocenters. The Kier molecular flexibility index (Phi) is 2.86. The lowest BCUT2D eigenvalue weighted by Crippen LogP contribution is -2.44. The zero-order valence-corrected chi connectivity index (χ0v) is 9.32. The van der Waals surface area contributed by atoms with Crippen molar-refractivity contribution < 1.29 is 4.74 Å². The topological polar surface area (TPSA) is 21.3 Å². The Hall–Kier alpha value is 0.270. The number of hydrogen-bond acceptors (Lipinski definition) is 3. The lowest BCUT2D eigenvalue weighted by atomic mass is 9.92. The van der Waals surface area contributed by atoms with E-state index in [1.54, 1.807) is 0 Å². The van der Waals surface area contributed by atoms with E-state index in [1.165, 1.54) is 31.4 Å². The highest BCUT2D eigenvalue weighted by atomic mass is 32.2. The smallest absolute Gasteiger partial charge is 0.0650 e. The zero-order valence-electron chi connectivity index (χ0n) is 8.51. The van der Waals surface area contributed by atoms with Gasteiger partial charge in [0.25, 0.3) is 0 Å². The fraction of sp³-hybridized carbons (Fsp3) is 1.00. The second kappa shape index (κ2) is 3.79. The van der Waals surface area contributed by atoms with Crippen molar-refractivity contribution in [3.05, 3.63) is 0 Å². The molecule has 1 spiro atoms. The fourth-order valence-electron chi connectivity index (χ4n) is 2.40. The second-order valence-corrected chi connectivity index (χ2v) is 5.69. The van der Waals surface area contributed by atoms with Crippen LogP contribution in [0.5, 0.6) is 0 Å². The van der Waals surface area contributed by atoms with E-state index in [2.05, 4.69) is 24.0 Å². The first kappa shape index (κ1) is 9.81. The number of methoxy groups -OCH3 is 1. The van der Waals surface area contributed by atoms with Crippen molar-refractivity contribution in [3.63, 3.8) is 0 Å². The molecule has 2 nitrogen and oxygen atoms in total. The number of rotatable bonds is 1. The summed E-state index contributed by atoms with van der Waals surface area (Å²) >= 11 is 2.12. The first-order chi connectivity index (χ1) is 6.24. The van der Waals surface area contributed by atoms with Gasteiger partial charge in [-0.05, 0) is 32.6 Å². The molecule has 0 amide bonds. The van der Waals surface area contributed by atoms with E-state index in [0.29, 0.717) is 17.0 Å².